The number of aliphatic hydroxyl groups excluding tert-OH is 1. The van der Waals surface area contributed by atoms with Crippen LogP contribution in [0.1, 0.15) is 26.7 Å². The Bertz CT molecular complexity index is 1380. The summed E-state index contributed by atoms with van der Waals surface area (Å²) in [5.74, 6) is -0.634. The molecule has 5 rings (SSSR count). The maximum absolute atomic E-state index is 10.2. The van der Waals surface area contributed by atoms with Crippen molar-refractivity contribution >= 4 is 35.3 Å². The van der Waals surface area contributed by atoms with E-state index in [-0.39, 0.29) is 6.42 Å². The molecule has 0 aliphatic carbocycles. The molecular weight excluding hydrogens is 442 g/mol. The van der Waals surface area contributed by atoms with Crippen molar-refractivity contribution in [1.29, 1.82) is 0 Å². The van der Waals surface area contributed by atoms with Crippen LogP contribution in [-0.2, 0) is 4.79 Å². The van der Waals surface area contributed by atoms with Crippen LogP contribution in [0.4, 0.5) is 0 Å². The van der Waals surface area contributed by atoms with Gasteiger partial charge in [0.15, 0.2) is 0 Å². The second-order valence-corrected chi connectivity index (χ2v) is 9.07. The molecule has 0 saturated heterocycles. The molecular formula is C27H29N5O3. The normalized spacial score (nSPS) is 18.9. The number of aliphatic hydroxyl groups is 1. The van der Waals surface area contributed by atoms with Gasteiger partial charge in [0.25, 0.3) is 0 Å². The molecule has 0 unspecified atom stereocenters. The van der Waals surface area contributed by atoms with E-state index in [0.29, 0.717) is 12.3 Å². The number of nitrogens with one attached hydrogen (secondary N) is 1. The Hall–Kier alpha value is -3.88. The van der Waals surface area contributed by atoms with Gasteiger partial charge in [0.05, 0.1) is 46.8 Å². The zero-order valence-electron chi connectivity index (χ0n) is 19.7. The van der Waals surface area contributed by atoms with Crippen LogP contribution in [0.3, 0.4) is 0 Å². The highest BCUT2D eigenvalue weighted by atomic mass is 16.4. The molecule has 0 aromatic carbocycles. The fourth-order valence-electron chi connectivity index (χ4n) is 3.86. The summed E-state index contributed by atoms with van der Waals surface area (Å²) in [5, 5.41) is 19.6. The van der Waals surface area contributed by atoms with Gasteiger partial charge < -0.3 is 20.9 Å². The summed E-state index contributed by atoms with van der Waals surface area (Å²) in [6.45, 7) is 3.96. The number of allylic oxidation sites excluding steroid dienone is 7. The van der Waals surface area contributed by atoms with Gasteiger partial charge in [0.2, 0.25) is 0 Å². The number of fused-ring (bicyclic) bond motifs is 5. The van der Waals surface area contributed by atoms with Crippen molar-refractivity contribution in [3.8, 4) is 0 Å². The number of hydrogen-bond donors (Lipinski definition) is 4. The maximum Gasteiger partial charge on any atom is 0.306 e. The van der Waals surface area contributed by atoms with Gasteiger partial charge in [0.1, 0.15) is 0 Å². The number of carbonyl (C=O) groups is 1. The highest BCUT2D eigenvalue weighted by Gasteiger charge is 2.18. The second-order valence-electron chi connectivity index (χ2n) is 9.07. The van der Waals surface area contributed by atoms with E-state index < -0.39 is 18.1 Å². The summed E-state index contributed by atoms with van der Waals surface area (Å²) in [6.07, 6.45) is 17.5. The first kappa shape index (κ1) is 24.3. The Morgan fingerprint density at radius 2 is 1.43 bits per heavy atom. The topological polar surface area (TPSA) is 136 Å². The van der Waals surface area contributed by atoms with E-state index in [1.165, 1.54) is 0 Å². The number of aliphatic imine (C=N–C) groups is 3. The van der Waals surface area contributed by atoms with Crippen LogP contribution >= 0.6 is 0 Å². The molecule has 0 fully saturated rings. The Morgan fingerprint density at radius 1 is 0.886 bits per heavy atom. The smallest absolute Gasteiger partial charge is 0.306 e. The Labute approximate surface area is 203 Å². The van der Waals surface area contributed by atoms with Crippen LogP contribution in [0.15, 0.2) is 86.7 Å². The van der Waals surface area contributed by atoms with Gasteiger partial charge in [-0.25, -0.2) is 15.0 Å². The predicted molar refractivity (Wildman–Crippen MR) is 139 cm³/mol. The standard InChI is InChI=1S/C19H12N4.C8H17NO3/c1-3-14-10-16-5-7-18(22-16)19-8-6-17(23-19)11-15-4-2-13(21-15)9-12(1)20-14;1-5(2)3-6(9)7(10)4-8(11)12/h1-11,20H;5-7,10H,3-4,9H2,1-2H3,(H,11,12)/t;6-,7-/m.0/s1. The lowest BCUT2D eigenvalue weighted by molar-refractivity contribution is -0.139. The minimum absolute atomic E-state index is 0.270. The highest BCUT2D eigenvalue weighted by molar-refractivity contribution is 6.20. The van der Waals surface area contributed by atoms with Crippen molar-refractivity contribution in [2.75, 3.05) is 0 Å². The summed E-state index contributed by atoms with van der Waals surface area (Å²) in [6, 6.07) is 3.66. The van der Waals surface area contributed by atoms with Crippen LogP contribution in [0.2, 0.25) is 0 Å². The molecule has 35 heavy (non-hydrogen) atoms. The molecule has 1 aromatic rings. The van der Waals surface area contributed by atoms with Gasteiger partial charge in [-0.2, -0.15) is 0 Å². The van der Waals surface area contributed by atoms with Gasteiger partial charge in [-0.15, -0.1) is 0 Å². The molecule has 0 amide bonds. The molecule has 0 spiro atoms. The van der Waals surface area contributed by atoms with Crippen molar-refractivity contribution in [1.82, 2.24) is 4.98 Å². The quantitative estimate of drug-likeness (QED) is 0.521. The minimum Gasteiger partial charge on any atom is -0.481 e. The second kappa shape index (κ2) is 10.6. The highest BCUT2D eigenvalue weighted by Crippen LogP contribution is 2.22. The number of carboxylic acid groups (broad SMARTS) is 1. The van der Waals surface area contributed by atoms with E-state index in [2.05, 4.69) is 20.0 Å². The van der Waals surface area contributed by atoms with E-state index in [9.17, 15) is 9.90 Å². The number of carboxylic acids is 1. The largest absolute Gasteiger partial charge is 0.481 e. The van der Waals surface area contributed by atoms with E-state index in [1.807, 2.05) is 80.7 Å². The molecule has 4 aliphatic heterocycles. The van der Waals surface area contributed by atoms with Crippen molar-refractivity contribution < 1.29 is 15.0 Å². The zero-order valence-corrected chi connectivity index (χ0v) is 19.7. The van der Waals surface area contributed by atoms with E-state index in [4.69, 9.17) is 10.8 Å². The first-order valence-electron chi connectivity index (χ1n) is 11.6. The number of nitrogens with zero attached hydrogens (tertiary/aromatic N) is 3. The van der Waals surface area contributed by atoms with E-state index in [0.717, 1.165) is 44.9 Å². The Kier molecular flexibility index (Phi) is 7.33. The molecule has 8 heteroatoms. The molecule has 8 nitrogen and oxygen atoms in total. The van der Waals surface area contributed by atoms with Crippen molar-refractivity contribution in [3.05, 3.63) is 82.5 Å². The molecule has 180 valence electrons. The molecule has 5 heterocycles. The number of aliphatic carboxylic acids is 1. The lowest BCUT2D eigenvalue weighted by Gasteiger charge is -2.18. The molecule has 0 radical (unpaired) electrons. The van der Waals surface area contributed by atoms with Crippen molar-refractivity contribution in [3.63, 3.8) is 0 Å². The number of hydrogen-bond acceptors (Lipinski definition) is 6. The molecule has 4 aliphatic rings. The first-order valence-corrected chi connectivity index (χ1v) is 11.6. The number of aromatic amines is 1. The third kappa shape index (κ3) is 6.59. The minimum atomic E-state index is -1.01. The zero-order chi connectivity index (χ0) is 24.9. The van der Waals surface area contributed by atoms with Crippen LogP contribution < -0.4 is 16.4 Å². The number of H-pyrrole nitrogens is 1. The van der Waals surface area contributed by atoms with Crippen molar-refractivity contribution in [2.45, 2.75) is 38.8 Å². The van der Waals surface area contributed by atoms with Gasteiger partial charge in [-0.05, 0) is 79.2 Å². The lowest BCUT2D eigenvalue weighted by atomic mass is 9.98. The lowest BCUT2D eigenvalue weighted by Crippen LogP contribution is -2.37. The third-order valence-electron chi connectivity index (χ3n) is 5.52. The van der Waals surface area contributed by atoms with Gasteiger partial charge in [0, 0.05) is 16.7 Å². The van der Waals surface area contributed by atoms with Crippen LogP contribution in [0.25, 0.3) is 12.2 Å². The fourth-order valence-corrected chi connectivity index (χ4v) is 3.86. The number of rotatable bonds is 5. The SMILES string of the molecule is C1=CC2=NC1=CC1=NC(=C3C=CC(=N3)C=c3ccc([nH]3)=C2)C=C1.CC(C)C[C@H](N)[C@@H](O)CC(=O)O. The van der Waals surface area contributed by atoms with Crippen LogP contribution in [-0.4, -0.2) is 50.4 Å². The van der Waals surface area contributed by atoms with E-state index in [1.54, 1.807) is 0 Å². The van der Waals surface area contributed by atoms with E-state index >= 15 is 0 Å². The molecule has 5 N–H and O–H groups in total. The first-order chi connectivity index (χ1) is 16.7. The summed E-state index contributed by atoms with van der Waals surface area (Å²) in [7, 11) is 0. The average Bonchev–Trinajstić information content (AvgIpc) is 3.57. The monoisotopic (exact) mass is 471 g/mol. The maximum atomic E-state index is 10.2. The molecule has 0 saturated carbocycles. The fraction of sp³-hybridized carbons (Fsp3) is 0.259. The number of nitrogens with two attached hydrogens (primary N) is 1. The van der Waals surface area contributed by atoms with Gasteiger partial charge >= 0.3 is 5.97 Å². The summed E-state index contributed by atoms with van der Waals surface area (Å²) in [4.78, 5) is 27.4. The number of aromatic nitrogens is 1. The molecule has 1 aromatic heterocycles. The van der Waals surface area contributed by atoms with Crippen LogP contribution in [0.5, 0.6) is 0 Å². The van der Waals surface area contributed by atoms with Crippen molar-refractivity contribution in [2.24, 2.45) is 26.6 Å². The molecule has 2 atom stereocenters. The summed E-state index contributed by atoms with van der Waals surface area (Å²) >= 11 is 0. The van der Waals surface area contributed by atoms with Crippen LogP contribution in [0, 0.1) is 5.92 Å². The third-order valence-corrected chi connectivity index (χ3v) is 5.52. The Balaban J connectivity index is 0.000000207. The Morgan fingerprint density at radius 3 is 2.00 bits per heavy atom. The summed E-state index contributed by atoms with van der Waals surface area (Å²) < 4.78 is 0. The average molecular weight is 472 g/mol. The predicted octanol–water partition coefficient (Wildman–Crippen LogP) is 1.91. The van der Waals surface area contributed by atoms with Gasteiger partial charge in [-0.3, -0.25) is 4.79 Å². The molecule has 8 bridgehead atoms. The summed E-state index contributed by atoms with van der Waals surface area (Å²) in [5.41, 5.74) is 11.0. The van der Waals surface area contributed by atoms with Gasteiger partial charge in [-0.1, -0.05) is 13.8 Å².